The van der Waals surface area contributed by atoms with Crippen molar-refractivity contribution in [1.29, 1.82) is 0 Å². The summed E-state index contributed by atoms with van der Waals surface area (Å²) in [6.07, 6.45) is 1.75. The number of carbonyl (C=O) groups is 4. The number of alkyl carbamates (subject to hydrolysis) is 1. The summed E-state index contributed by atoms with van der Waals surface area (Å²) in [7, 11) is 0. The number of carbonyl (C=O) groups excluding carboxylic acids is 4. The zero-order valence-electron chi connectivity index (χ0n) is 27.6. The molecular weight excluding hydrogens is 578 g/mol. The molecule has 242 valence electrons. The first-order valence-electron chi connectivity index (χ1n) is 15.0. The largest absolute Gasteiger partial charge is 0.458 e. The third-order valence-corrected chi connectivity index (χ3v) is 7.20. The van der Waals surface area contributed by atoms with E-state index < -0.39 is 53.2 Å². The van der Waals surface area contributed by atoms with E-state index in [1.807, 2.05) is 55.6 Å². The first-order chi connectivity index (χ1) is 20.6. The second kappa shape index (κ2) is 16.5. The molecule has 44 heavy (non-hydrogen) atoms. The summed E-state index contributed by atoms with van der Waals surface area (Å²) in [4.78, 5) is 56.0. The number of hydrogen-bond acceptors (Lipinski definition) is 7. The van der Waals surface area contributed by atoms with E-state index in [0.717, 1.165) is 11.1 Å². The molecule has 2 rings (SSSR count). The Kier molecular flexibility index (Phi) is 13.8. The average molecular weight is 628 g/mol. The van der Waals surface area contributed by atoms with Crippen LogP contribution < -0.4 is 10.6 Å². The molecule has 3 atom stereocenters. The molecule has 0 aliphatic rings. The van der Waals surface area contributed by atoms with Crippen molar-refractivity contribution in [2.45, 2.75) is 97.6 Å². The van der Waals surface area contributed by atoms with Crippen molar-refractivity contribution < 1.29 is 28.7 Å². The van der Waals surface area contributed by atoms with E-state index in [-0.39, 0.29) is 13.0 Å². The highest BCUT2D eigenvalue weighted by Gasteiger charge is 2.38. The Morgan fingerprint density at radius 2 is 1.43 bits per heavy atom. The highest BCUT2D eigenvalue weighted by Crippen LogP contribution is 2.26. The second-order valence-electron chi connectivity index (χ2n) is 12.6. The molecule has 0 saturated heterocycles. The van der Waals surface area contributed by atoms with Gasteiger partial charge in [-0.2, -0.15) is 11.8 Å². The van der Waals surface area contributed by atoms with Gasteiger partial charge in [-0.3, -0.25) is 9.59 Å². The molecule has 9 nitrogen and oxygen atoms in total. The lowest BCUT2D eigenvalue weighted by atomic mass is 9.97. The topological polar surface area (TPSA) is 114 Å². The number of rotatable bonds is 13. The maximum Gasteiger partial charge on any atom is 0.408 e. The molecule has 2 N–H and O–H groups in total. The molecule has 3 amide bonds. The minimum Gasteiger partial charge on any atom is -0.458 e. The Morgan fingerprint density at radius 1 is 0.841 bits per heavy atom. The number of thioether (sulfide) groups is 1. The minimum atomic E-state index is -1.08. The standard InChI is InChI=1S/C34H49N3O6S/c1-10-37(30(39)26(20-21-44-9)36-32(41)43-34(6,7)8)28(25-19-15-14-16-23(25)2)29(38)35-27(31(40)42-33(3,4)5)22-24-17-12-11-13-18-24/h11-19,26-28H,10,20-22H2,1-9H3,(H,35,38)(H,36,41). The van der Waals surface area contributed by atoms with E-state index in [0.29, 0.717) is 17.7 Å². The number of nitrogens with zero attached hydrogens (tertiary/aromatic N) is 1. The van der Waals surface area contributed by atoms with Crippen molar-refractivity contribution in [2.75, 3.05) is 18.6 Å². The maximum atomic E-state index is 14.3. The lowest BCUT2D eigenvalue weighted by Gasteiger charge is -2.35. The fourth-order valence-corrected chi connectivity index (χ4v) is 5.09. The Hall–Kier alpha value is -3.53. The second-order valence-corrected chi connectivity index (χ2v) is 13.6. The Balaban J connectivity index is 2.52. The summed E-state index contributed by atoms with van der Waals surface area (Å²) >= 11 is 1.54. The van der Waals surface area contributed by atoms with E-state index in [4.69, 9.17) is 9.47 Å². The number of aryl methyl sites for hydroxylation is 1. The van der Waals surface area contributed by atoms with Crippen LogP contribution in [0.3, 0.4) is 0 Å². The highest BCUT2D eigenvalue weighted by molar-refractivity contribution is 7.98. The van der Waals surface area contributed by atoms with Gasteiger partial charge in [-0.1, -0.05) is 54.6 Å². The van der Waals surface area contributed by atoms with E-state index in [9.17, 15) is 19.2 Å². The number of hydrogen-bond donors (Lipinski definition) is 2. The zero-order valence-corrected chi connectivity index (χ0v) is 28.4. The smallest absolute Gasteiger partial charge is 0.408 e. The molecule has 0 aromatic heterocycles. The van der Waals surface area contributed by atoms with E-state index in [1.165, 1.54) is 4.90 Å². The molecule has 10 heteroatoms. The molecule has 0 radical (unpaired) electrons. The Bertz CT molecular complexity index is 1260. The van der Waals surface area contributed by atoms with E-state index >= 15 is 0 Å². The van der Waals surface area contributed by atoms with Gasteiger partial charge in [-0.05, 0) is 90.5 Å². The molecule has 0 bridgehead atoms. The van der Waals surface area contributed by atoms with Gasteiger partial charge in [0.25, 0.3) is 0 Å². The van der Waals surface area contributed by atoms with Crippen LogP contribution in [0.1, 0.15) is 77.6 Å². The van der Waals surface area contributed by atoms with Gasteiger partial charge in [0.15, 0.2) is 0 Å². The van der Waals surface area contributed by atoms with Gasteiger partial charge in [0.05, 0.1) is 0 Å². The molecule has 0 aliphatic carbocycles. The van der Waals surface area contributed by atoms with E-state index in [2.05, 4.69) is 10.6 Å². The molecule has 2 aromatic rings. The van der Waals surface area contributed by atoms with Crippen molar-refractivity contribution in [3.8, 4) is 0 Å². The maximum absolute atomic E-state index is 14.3. The molecule has 0 spiro atoms. The lowest BCUT2D eigenvalue weighted by Crippen LogP contribution is -2.55. The Labute approximate surface area is 266 Å². The molecular formula is C34H49N3O6S. The van der Waals surface area contributed by atoms with Crippen LogP contribution in [0.5, 0.6) is 0 Å². The fraction of sp³-hybridized carbons (Fsp3) is 0.529. The molecule has 0 heterocycles. The molecule has 0 fully saturated rings. The molecule has 2 aromatic carbocycles. The van der Waals surface area contributed by atoms with Crippen molar-refractivity contribution in [1.82, 2.24) is 15.5 Å². The number of benzene rings is 2. The highest BCUT2D eigenvalue weighted by atomic mass is 32.2. The van der Waals surface area contributed by atoms with Crippen LogP contribution in [0.25, 0.3) is 0 Å². The van der Waals surface area contributed by atoms with Gasteiger partial charge < -0.3 is 25.0 Å². The average Bonchev–Trinajstić information content (AvgIpc) is 2.92. The lowest BCUT2D eigenvalue weighted by molar-refractivity contribution is -0.159. The van der Waals surface area contributed by atoms with Gasteiger partial charge in [0, 0.05) is 13.0 Å². The number of nitrogens with one attached hydrogen (secondary N) is 2. The Morgan fingerprint density at radius 3 is 1.98 bits per heavy atom. The van der Waals surface area contributed by atoms with Gasteiger partial charge in [0.2, 0.25) is 11.8 Å². The van der Waals surface area contributed by atoms with Crippen LogP contribution in [0, 0.1) is 6.92 Å². The number of amides is 3. The fourth-order valence-electron chi connectivity index (χ4n) is 4.62. The molecule has 0 saturated carbocycles. The van der Waals surface area contributed by atoms with Gasteiger partial charge in [-0.15, -0.1) is 0 Å². The third-order valence-electron chi connectivity index (χ3n) is 6.56. The van der Waals surface area contributed by atoms with Crippen LogP contribution in [0.2, 0.25) is 0 Å². The molecule has 3 unspecified atom stereocenters. The number of likely N-dealkylation sites (N-methyl/N-ethyl adjacent to an activating group) is 1. The summed E-state index contributed by atoms with van der Waals surface area (Å²) in [5.41, 5.74) is 0.745. The summed E-state index contributed by atoms with van der Waals surface area (Å²) in [6.45, 7) is 14.4. The van der Waals surface area contributed by atoms with Crippen molar-refractivity contribution >= 4 is 35.6 Å². The van der Waals surface area contributed by atoms with E-state index in [1.54, 1.807) is 72.4 Å². The zero-order chi connectivity index (χ0) is 33.1. The van der Waals surface area contributed by atoms with Crippen molar-refractivity contribution in [3.05, 3.63) is 71.3 Å². The quantitative estimate of drug-likeness (QED) is 0.278. The number of ether oxygens (including phenoxy) is 2. The monoisotopic (exact) mass is 627 g/mol. The third kappa shape index (κ3) is 11.9. The first kappa shape index (κ1) is 36.7. The van der Waals surface area contributed by atoms with Crippen LogP contribution >= 0.6 is 11.8 Å². The first-order valence-corrected chi connectivity index (χ1v) is 16.4. The summed E-state index contributed by atoms with van der Waals surface area (Å²) in [5, 5.41) is 5.64. The van der Waals surface area contributed by atoms with Gasteiger partial charge in [-0.25, -0.2) is 9.59 Å². The SMILES string of the molecule is CCN(C(=O)C(CCSC)NC(=O)OC(C)(C)C)C(C(=O)NC(Cc1ccccc1)C(=O)OC(C)(C)C)c1ccccc1C. The summed E-state index contributed by atoms with van der Waals surface area (Å²) < 4.78 is 11.1. The van der Waals surface area contributed by atoms with Crippen LogP contribution in [-0.4, -0.2) is 70.6 Å². The van der Waals surface area contributed by atoms with Crippen LogP contribution in [-0.2, 0) is 30.3 Å². The predicted octanol–water partition coefficient (Wildman–Crippen LogP) is 5.60. The minimum absolute atomic E-state index is 0.173. The predicted molar refractivity (Wildman–Crippen MR) is 175 cm³/mol. The van der Waals surface area contributed by atoms with Gasteiger partial charge >= 0.3 is 12.1 Å². The van der Waals surface area contributed by atoms with Crippen LogP contribution in [0.4, 0.5) is 4.79 Å². The van der Waals surface area contributed by atoms with Crippen molar-refractivity contribution in [3.63, 3.8) is 0 Å². The molecule has 0 aliphatic heterocycles. The number of esters is 1. The summed E-state index contributed by atoms with van der Waals surface area (Å²) in [5.74, 6) is -0.921. The van der Waals surface area contributed by atoms with Crippen LogP contribution in [0.15, 0.2) is 54.6 Å². The summed E-state index contributed by atoms with van der Waals surface area (Å²) in [6, 6.07) is 13.7. The van der Waals surface area contributed by atoms with Crippen molar-refractivity contribution in [2.24, 2.45) is 0 Å². The normalized spacial score (nSPS) is 13.7. The van der Waals surface area contributed by atoms with Gasteiger partial charge in [0.1, 0.15) is 29.3 Å².